The summed E-state index contributed by atoms with van der Waals surface area (Å²) in [6.07, 6.45) is 9.36. The van der Waals surface area contributed by atoms with Gasteiger partial charge in [0.05, 0.1) is 10.6 Å². The molecule has 2 saturated carbocycles. The van der Waals surface area contributed by atoms with Gasteiger partial charge in [0.2, 0.25) is 16.0 Å². The largest absolute Gasteiger partial charge is 0.460 e. The lowest BCUT2D eigenvalue weighted by molar-refractivity contribution is 0.174. The summed E-state index contributed by atoms with van der Waals surface area (Å²) in [6, 6.07) is 4.00. The average molecular weight is 530 g/mol. The molecule has 2 fully saturated rings. The Kier molecular flexibility index (Phi) is 6.65. The van der Waals surface area contributed by atoms with Crippen LogP contribution in [0.15, 0.2) is 35.5 Å². The van der Waals surface area contributed by atoms with Gasteiger partial charge in [-0.25, -0.2) is 27.9 Å². The molecule has 2 aliphatic rings. The van der Waals surface area contributed by atoms with Crippen molar-refractivity contribution in [2.24, 2.45) is 5.14 Å². The Morgan fingerprint density at radius 2 is 1.97 bits per heavy atom. The maximum Gasteiger partial charge on any atom is 0.317 e. The first-order chi connectivity index (χ1) is 17.6. The van der Waals surface area contributed by atoms with Gasteiger partial charge in [-0.2, -0.15) is 0 Å². The number of nitrogens with two attached hydrogens (primary N) is 1. The summed E-state index contributed by atoms with van der Waals surface area (Å²) in [5.41, 5.74) is 1.09. The molecule has 10 nitrogen and oxygen atoms in total. The van der Waals surface area contributed by atoms with Crippen LogP contribution in [0.3, 0.4) is 0 Å². The lowest BCUT2D eigenvalue weighted by Gasteiger charge is -2.21. The van der Waals surface area contributed by atoms with E-state index in [1.807, 2.05) is 0 Å². The fourth-order valence-corrected chi connectivity index (χ4v) is 5.30. The summed E-state index contributed by atoms with van der Waals surface area (Å²) in [5.74, 6) is 1.01. The summed E-state index contributed by atoms with van der Waals surface area (Å²) >= 11 is 0. The van der Waals surface area contributed by atoms with E-state index in [4.69, 9.17) is 9.88 Å². The third-order valence-corrected chi connectivity index (χ3v) is 8.45. The summed E-state index contributed by atoms with van der Waals surface area (Å²) in [6.45, 7) is 6.57. The second-order valence-electron chi connectivity index (χ2n) is 10.4. The Labute approximate surface area is 215 Å². The highest BCUT2D eigenvalue weighted by molar-refractivity contribution is 7.89. The minimum Gasteiger partial charge on any atom is -0.460 e. The third kappa shape index (κ3) is 5.30. The van der Waals surface area contributed by atoms with E-state index < -0.39 is 15.8 Å². The van der Waals surface area contributed by atoms with E-state index in [9.17, 15) is 12.8 Å². The number of nitrogens with one attached hydrogen (secondary N) is 1. The highest BCUT2D eigenvalue weighted by Crippen LogP contribution is 2.47. The zero-order valence-electron chi connectivity index (χ0n) is 21.2. The average Bonchev–Trinajstić information content (AvgIpc) is 3.25. The summed E-state index contributed by atoms with van der Waals surface area (Å²) < 4.78 is 45.7. The number of aromatic nitrogens is 5. The first-order valence-electron chi connectivity index (χ1n) is 12.6. The van der Waals surface area contributed by atoms with Crippen LogP contribution in [0.5, 0.6) is 6.01 Å². The Morgan fingerprint density at radius 3 is 2.59 bits per heavy atom. The summed E-state index contributed by atoms with van der Waals surface area (Å²) in [7, 11) is -3.98. The van der Waals surface area contributed by atoms with Crippen LogP contribution < -0.4 is 15.2 Å². The van der Waals surface area contributed by atoms with Crippen molar-refractivity contribution in [3.63, 3.8) is 0 Å². The molecular weight excluding hydrogens is 497 g/mol. The van der Waals surface area contributed by atoms with Crippen molar-refractivity contribution < 1.29 is 17.5 Å². The molecule has 2 heterocycles. The number of sulfonamides is 1. The van der Waals surface area contributed by atoms with E-state index in [0.717, 1.165) is 56.0 Å². The number of hydrogen-bond acceptors (Lipinski definition) is 8. The van der Waals surface area contributed by atoms with Crippen LogP contribution in [0.25, 0.3) is 0 Å². The molecule has 12 heteroatoms. The molecule has 198 valence electrons. The Balaban J connectivity index is 1.23. The molecule has 37 heavy (non-hydrogen) atoms. The number of halogens is 1. The number of primary sulfonamides is 1. The molecule has 3 atom stereocenters. The molecule has 2 aromatic heterocycles. The molecule has 5 rings (SSSR count). The number of ether oxygens (including phenoxy) is 1. The molecule has 0 amide bonds. The van der Waals surface area contributed by atoms with Gasteiger partial charge in [-0.15, -0.1) is 5.10 Å². The molecule has 0 unspecified atom stereocenters. The number of hydrogen-bond donors (Lipinski definition) is 2. The zero-order chi connectivity index (χ0) is 26.4. The Bertz CT molecular complexity index is 1390. The highest BCUT2D eigenvalue weighted by Gasteiger charge is 2.44. The highest BCUT2D eigenvalue weighted by atomic mass is 32.2. The first-order valence-corrected chi connectivity index (χ1v) is 14.2. The predicted octanol–water partition coefficient (Wildman–Crippen LogP) is 4.34. The van der Waals surface area contributed by atoms with Crippen LogP contribution in [0, 0.1) is 5.82 Å². The van der Waals surface area contributed by atoms with Crippen LogP contribution in [0.4, 0.5) is 16.0 Å². The van der Waals surface area contributed by atoms with Gasteiger partial charge in [-0.05, 0) is 75.1 Å². The maximum absolute atomic E-state index is 14.3. The molecule has 1 aromatic carbocycles. The topological polar surface area (TPSA) is 138 Å². The minimum absolute atomic E-state index is 0.0318. The molecule has 0 aliphatic heterocycles. The Morgan fingerprint density at radius 1 is 1.24 bits per heavy atom. The maximum atomic E-state index is 14.3. The van der Waals surface area contributed by atoms with E-state index in [1.165, 1.54) is 12.1 Å². The quantitative estimate of drug-likeness (QED) is 0.418. The first kappa shape index (κ1) is 25.5. The van der Waals surface area contributed by atoms with Gasteiger partial charge in [0.25, 0.3) is 0 Å². The lowest BCUT2D eigenvalue weighted by Crippen LogP contribution is -2.22. The zero-order valence-corrected chi connectivity index (χ0v) is 22.0. The number of anilines is 2. The van der Waals surface area contributed by atoms with E-state index >= 15 is 0 Å². The SMILES string of the molecule is CC[C@H](C)c1nnc(O[C@@H]2CC[C@H](c3cnc(Nc4ccc(S(N)(=O)=O)cc4F)nc3)C2)n1C1(C)CC1. The summed E-state index contributed by atoms with van der Waals surface area (Å²) in [5, 5.41) is 16.7. The smallest absolute Gasteiger partial charge is 0.317 e. The second-order valence-corrected chi connectivity index (χ2v) is 11.9. The fourth-order valence-electron chi connectivity index (χ4n) is 4.78. The monoisotopic (exact) mass is 529 g/mol. The van der Waals surface area contributed by atoms with Crippen molar-refractivity contribution in [3.8, 4) is 6.01 Å². The Hall–Kier alpha value is -3.12. The van der Waals surface area contributed by atoms with E-state index in [-0.39, 0.29) is 34.1 Å². The van der Waals surface area contributed by atoms with Crippen molar-refractivity contribution in [3.05, 3.63) is 47.8 Å². The van der Waals surface area contributed by atoms with E-state index in [2.05, 4.69) is 50.8 Å². The van der Waals surface area contributed by atoms with Crippen molar-refractivity contribution in [1.29, 1.82) is 0 Å². The number of rotatable bonds is 9. The predicted molar refractivity (Wildman–Crippen MR) is 136 cm³/mol. The molecule has 2 aliphatic carbocycles. The van der Waals surface area contributed by atoms with Crippen molar-refractivity contribution >= 4 is 21.7 Å². The van der Waals surface area contributed by atoms with Crippen molar-refractivity contribution in [2.75, 3.05) is 5.32 Å². The fraction of sp³-hybridized carbons (Fsp3) is 0.520. The van der Waals surface area contributed by atoms with Crippen LogP contribution in [0.1, 0.15) is 82.5 Å². The van der Waals surface area contributed by atoms with E-state index in [1.54, 1.807) is 12.4 Å². The van der Waals surface area contributed by atoms with Crippen LogP contribution >= 0.6 is 0 Å². The van der Waals surface area contributed by atoms with Crippen molar-refractivity contribution in [1.82, 2.24) is 24.7 Å². The summed E-state index contributed by atoms with van der Waals surface area (Å²) in [4.78, 5) is 8.35. The van der Waals surface area contributed by atoms with Crippen LogP contribution in [-0.4, -0.2) is 39.3 Å². The van der Waals surface area contributed by atoms with Gasteiger partial charge >= 0.3 is 6.01 Å². The molecule has 0 saturated heterocycles. The van der Waals surface area contributed by atoms with Gasteiger partial charge in [0.15, 0.2) is 0 Å². The van der Waals surface area contributed by atoms with Gasteiger partial charge in [0, 0.05) is 23.9 Å². The van der Waals surface area contributed by atoms with Gasteiger partial charge < -0.3 is 10.1 Å². The minimum atomic E-state index is -3.98. The molecule has 3 N–H and O–H groups in total. The third-order valence-electron chi connectivity index (χ3n) is 7.54. The van der Waals surface area contributed by atoms with Gasteiger partial charge in [0.1, 0.15) is 17.7 Å². The molecule has 0 spiro atoms. The number of nitrogens with zero attached hydrogens (tertiary/aromatic N) is 5. The standard InChI is InChI=1S/C25H32FN7O3S/c1-4-15(2)22-31-32-24(33(22)25(3)9-10-25)36-18-6-5-16(11-18)17-13-28-23(29-14-17)30-21-8-7-19(12-20(21)26)37(27,34)35/h7-8,12-16,18H,4-6,9-11H2,1-3H3,(H2,27,34,35)(H,28,29,30)/t15-,16-,18+/m0/s1. The van der Waals surface area contributed by atoms with Gasteiger partial charge in [-0.3, -0.25) is 4.57 Å². The number of benzene rings is 1. The normalized spacial score (nSPS) is 21.5. The van der Waals surface area contributed by atoms with Crippen molar-refractivity contribution in [2.45, 2.75) is 87.7 Å². The molecular formula is C25H32FN7O3S. The lowest BCUT2D eigenvalue weighted by atomic mass is 10.0. The van der Waals surface area contributed by atoms with E-state index in [0.29, 0.717) is 11.9 Å². The van der Waals surface area contributed by atoms with Gasteiger partial charge in [-0.1, -0.05) is 18.9 Å². The van der Waals surface area contributed by atoms with Crippen LogP contribution in [-0.2, 0) is 15.6 Å². The molecule has 3 aromatic rings. The molecule has 0 bridgehead atoms. The second kappa shape index (κ2) is 9.64. The van der Waals surface area contributed by atoms with Crippen LogP contribution in [0.2, 0.25) is 0 Å². The molecule has 0 radical (unpaired) electrons.